The molecule has 1 heterocycles. The Balaban J connectivity index is 2.21. The monoisotopic (exact) mass is 294 g/mol. The molecule has 1 aromatic carbocycles. The maximum absolute atomic E-state index is 12.3. The molecule has 2 rings (SSSR count). The number of nitrogens with zero attached hydrogens (tertiary/aromatic N) is 1. The van der Waals surface area contributed by atoms with Crippen molar-refractivity contribution in [2.24, 2.45) is 0 Å². The number of benzene rings is 1. The largest absolute Gasteiger partial charge is 0.353 e. The summed E-state index contributed by atoms with van der Waals surface area (Å²) in [5.74, 6) is -0.226. The van der Waals surface area contributed by atoms with Gasteiger partial charge in [0.05, 0.1) is 0 Å². The van der Waals surface area contributed by atoms with Crippen LogP contribution in [0.3, 0.4) is 0 Å². The summed E-state index contributed by atoms with van der Waals surface area (Å²) in [5.41, 5.74) is 0.811. The van der Waals surface area contributed by atoms with Crippen LogP contribution in [0.15, 0.2) is 35.7 Å². The molecule has 20 heavy (non-hydrogen) atoms. The number of carbonyl (C=O) groups is 1. The molecular weight excluding hydrogens is 276 g/mol. The van der Waals surface area contributed by atoms with Gasteiger partial charge in [-0.15, -0.1) is 0 Å². The standard InChI is InChI=1S/C14H18N2O3S/c1-2-13-14(17)15-9-10-16(13)20(18,19)11-8-12-6-4-3-5-7-12/h3-8,11,13H,2,9-10H2,1H3,(H,15,17). The number of carbonyl (C=O) groups excluding carboxylic acids is 1. The Bertz CT molecular complexity index is 596. The summed E-state index contributed by atoms with van der Waals surface area (Å²) in [7, 11) is -3.58. The molecule has 1 atom stereocenters. The smallest absolute Gasteiger partial charge is 0.238 e. The molecule has 1 fully saturated rings. The normalized spacial score (nSPS) is 21.1. The van der Waals surface area contributed by atoms with Crippen molar-refractivity contribution in [3.8, 4) is 0 Å². The van der Waals surface area contributed by atoms with E-state index < -0.39 is 16.1 Å². The fourth-order valence-electron chi connectivity index (χ4n) is 2.19. The van der Waals surface area contributed by atoms with Gasteiger partial charge in [0, 0.05) is 18.5 Å². The Morgan fingerprint density at radius 2 is 2.05 bits per heavy atom. The third-order valence-electron chi connectivity index (χ3n) is 3.23. The van der Waals surface area contributed by atoms with Crippen LogP contribution in [-0.2, 0) is 14.8 Å². The molecule has 6 heteroatoms. The van der Waals surface area contributed by atoms with Gasteiger partial charge in [0.15, 0.2) is 0 Å². The first-order valence-corrected chi connectivity index (χ1v) is 8.07. The summed E-state index contributed by atoms with van der Waals surface area (Å²) < 4.78 is 25.9. The van der Waals surface area contributed by atoms with Gasteiger partial charge in [-0.05, 0) is 18.1 Å². The van der Waals surface area contributed by atoms with E-state index in [2.05, 4.69) is 5.32 Å². The summed E-state index contributed by atoms with van der Waals surface area (Å²) in [6, 6.07) is 8.59. The van der Waals surface area contributed by atoms with Gasteiger partial charge in [-0.25, -0.2) is 8.42 Å². The minimum Gasteiger partial charge on any atom is -0.353 e. The molecule has 1 unspecified atom stereocenters. The van der Waals surface area contributed by atoms with Crippen molar-refractivity contribution >= 4 is 22.0 Å². The van der Waals surface area contributed by atoms with Crippen molar-refractivity contribution in [3.05, 3.63) is 41.3 Å². The Morgan fingerprint density at radius 3 is 2.70 bits per heavy atom. The zero-order valence-electron chi connectivity index (χ0n) is 11.3. The highest BCUT2D eigenvalue weighted by Gasteiger charge is 2.34. The van der Waals surface area contributed by atoms with E-state index in [1.165, 1.54) is 9.71 Å². The second-order valence-electron chi connectivity index (χ2n) is 4.58. The van der Waals surface area contributed by atoms with Gasteiger partial charge in [0.1, 0.15) is 6.04 Å². The van der Waals surface area contributed by atoms with Crippen LogP contribution in [0.4, 0.5) is 0 Å². The van der Waals surface area contributed by atoms with Crippen LogP contribution in [0.2, 0.25) is 0 Å². The molecule has 1 amide bonds. The predicted octanol–water partition coefficient (Wildman–Crippen LogP) is 1.20. The van der Waals surface area contributed by atoms with Crippen LogP contribution in [0, 0.1) is 0 Å². The van der Waals surface area contributed by atoms with Gasteiger partial charge in [0.2, 0.25) is 15.9 Å². The Labute approximate surface area is 119 Å². The zero-order valence-corrected chi connectivity index (χ0v) is 12.1. The van der Waals surface area contributed by atoms with Crippen LogP contribution in [0.5, 0.6) is 0 Å². The lowest BCUT2D eigenvalue weighted by Gasteiger charge is -2.32. The molecule has 0 radical (unpaired) electrons. The van der Waals surface area contributed by atoms with Crippen LogP contribution in [-0.4, -0.2) is 37.8 Å². The Kier molecular flexibility index (Phi) is 4.57. The molecule has 108 valence electrons. The van der Waals surface area contributed by atoms with Crippen molar-refractivity contribution in [2.75, 3.05) is 13.1 Å². The number of nitrogens with one attached hydrogen (secondary N) is 1. The van der Waals surface area contributed by atoms with Gasteiger partial charge in [-0.2, -0.15) is 4.31 Å². The maximum atomic E-state index is 12.3. The third kappa shape index (κ3) is 3.26. The molecular formula is C14H18N2O3S. The Hall–Kier alpha value is -1.66. The highest BCUT2D eigenvalue weighted by molar-refractivity contribution is 7.92. The highest BCUT2D eigenvalue weighted by atomic mass is 32.2. The summed E-state index contributed by atoms with van der Waals surface area (Å²) in [6.07, 6.45) is 2.01. The topological polar surface area (TPSA) is 66.5 Å². The first kappa shape index (κ1) is 14.7. The average Bonchev–Trinajstić information content (AvgIpc) is 2.46. The van der Waals surface area contributed by atoms with Crippen molar-refractivity contribution in [2.45, 2.75) is 19.4 Å². The van der Waals surface area contributed by atoms with Gasteiger partial charge in [-0.1, -0.05) is 37.3 Å². The van der Waals surface area contributed by atoms with Crippen molar-refractivity contribution in [3.63, 3.8) is 0 Å². The van der Waals surface area contributed by atoms with E-state index in [4.69, 9.17) is 0 Å². The number of piperazine rings is 1. The fourth-order valence-corrected chi connectivity index (χ4v) is 3.62. The lowest BCUT2D eigenvalue weighted by Crippen LogP contribution is -2.56. The van der Waals surface area contributed by atoms with Crippen molar-refractivity contribution in [1.82, 2.24) is 9.62 Å². The summed E-state index contributed by atoms with van der Waals surface area (Å²) in [5, 5.41) is 3.86. The molecule has 1 saturated heterocycles. The fraction of sp³-hybridized carbons (Fsp3) is 0.357. The first-order valence-electron chi connectivity index (χ1n) is 6.57. The molecule has 0 aromatic heterocycles. The third-order valence-corrected chi connectivity index (χ3v) is 4.80. The molecule has 0 saturated carbocycles. The predicted molar refractivity (Wildman–Crippen MR) is 78.2 cm³/mol. The number of rotatable bonds is 4. The van der Waals surface area contributed by atoms with Crippen LogP contribution in [0.1, 0.15) is 18.9 Å². The van der Waals surface area contributed by atoms with E-state index in [9.17, 15) is 13.2 Å². The van der Waals surface area contributed by atoms with Gasteiger partial charge in [0.25, 0.3) is 0 Å². The lowest BCUT2D eigenvalue weighted by molar-refractivity contribution is -0.126. The minimum absolute atomic E-state index is 0.226. The van der Waals surface area contributed by atoms with Gasteiger partial charge >= 0.3 is 0 Å². The second kappa shape index (κ2) is 6.19. The zero-order chi connectivity index (χ0) is 14.6. The average molecular weight is 294 g/mol. The number of amides is 1. The molecule has 1 aliphatic heterocycles. The van der Waals surface area contributed by atoms with E-state index in [0.29, 0.717) is 19.5 Å². The van der Waals surface area contributed by atoms with Gasteiger partial charge in [-0.3, -0.25) is 4.79 Å². The van der Waals surface area contributed by atoms with E-state index in [1.807, 2.05) is 30.3 Å². The van der Waals surface area contributed by atoms with E-state index in [1.54, 1.807) is 13.0 Å². The number of hydrogen-bond acceptors (Lipinski definition) is 3. The second-order valence-corrected chi connectivity index (χ2v) is 6.36. The first-order chi connectivity index (χ1) is 9.54. The van der Waals surface area contributed by atoms with Crippen LogP contribution >= 0.6 is 0 Å². The molecule has 1 N–H and O–H groups in total. The molecule has 5 nitrogen and oxygen atoms in total. The molecule has 0 aliphatic carbocycles. The molecule has 1 aliphatic rings. The maximum Gasteiger partial charge on any atom is 0.238 e. The SMILES string of the molecule is CCC1C(=O)NCCN1S(=O)(=O)C=Cc1ccccc1. The quantitative estimate of drug-likeness (QED) is 0.907. The number of hydrogen-bond donors (Lipinski definition) is 1. The van der Waals surface area contributed by atoms with E-state index in [-0.39, 0.29) is 5.91 Å². The van der Waals surface area contributed by atoms with Crippen LogP contribution in [0.25, 0.3) is 6.08 Å². The summed E-state index contributed by atoms with van der Waals surface area (Å²) >= 11 is 0. The van der Waals surface area contributed by atoms with Crippen molar-refractivity contribution in [1.29, 1.82) is 0 Å². The van der Waals surface area contributed by atoms with E-state index >= 15 is 0 Å². The molecule has 1 aromatic rings. The lowest BCUT2D eigenvalue weighted by atomic mass is 10.2. The van der Waals surface area contributed by atoms with E-state index in [0.717, 1.165) is 5.56 Å². The minimum atomic E-state index is -3.58. The van der Waals surface area contributed by atoms with Crippen LogP contribution < -0.4 is 5.32 Å². The number of sulfonamides is 1. The molecule has 0 bridgehead atoms. The highest BCUT2D eigenvalue weighted by Crippen LogP contribution is 2.16. The molecule has 0 spiro atoms. The van der Waals surface area contributed by atoms with Gasteiger partial charge < -0.3 is 5.32 Å². The Morgan fingerprint density at radius 1 is 1.35 bits per heavy atom. The van der Waals surface area contributed by atoms with Crippen molar-refractivity contribution < 1.29 is 13.2 Å². The summed E-state index contributed by atoms with van der Waals surface area (Å²) in [6.45, 7) is 2.47. The summed E-state index contributed by atoms with van der Waals surface area (Å²) in [4.78, 5) is 11.7.